The van der Waals surface area contributed by atoms with E-state index in [9.17, 15) is 9.90 Å². The zero-order valence-corrected chi connectivity index (χ0v) is 19.3. The lowest BCUT2D eigenvalue weighted by Crippen LogP contribution is -2.22. The van der Waals surface area contributed by atoms with Gasteiger partial charge in [0.15, 0.2) is 0 Å². The molecule has 0 saturated carbocycles. The lowest BCUT2D eigenvalue weighted by molar-refractivity contribution is -0.121. The van der Waals surface area contributed by atoms with Crippen LogP contribution in [-0.4, -0.2) is 11.0 Å². The molecule has 0 aliphatic rings. The summed E-state index contributed by atoms with van der Waals surface area (Å²) in [7, 11) is 0. The van der Waals surface area contributed by atoms with Crippen molar-refractivity contribution < 1.29 is 9.90 Å². The standard InChI is InChI=1S/C27H45NO2/c1-2-3-4-5-6-7-8-9-10-11-12-13-14-15-16-17-18-19-27(30)28-24-25-20-22-26(29)23-21-25/h15-16,20-23,29H,2-14,17-19,24H2,1H3,(H,28,30)/b16-15-. The Labute approximate surface area is 185 Å². The van der Waals surface area contributed by atoms with E-state index in [0.29, 0.717) is 13.0 Å². The summed E-state index contributed by atoms with van der Waals surface area (Å²) in [4.78, 5) is 11.9. The number of aromatic hydroxyl groups is 1. The van der Waals surface area contributed by atoms with Gasteiger partial charge in [-0.15, -0.1) is 0 Å². The van der Waals surface area contributed by atoms with Crippen molar-refractivity contribution in [3.05, 3.63) is 42.0 Å². The third-order valence-electron chi connectivity index (χ3n) is 5.59. The second-order valence-corrected chi connectivity index (χ2v) is 8.48. The van der Waals surface area contributed by atoms with E-state index in [0.717, 1.165) is 18.4 Å². The van der Waals surface area contributed by atoms with Crippen LogP contribution >= 0.6 is 0 Å². The van der Waals surface area contributed by atoms with Gasteiger partial charge in [-0.2, -0.15) is 0 Å². The number of carbonyl (C=O) groups is 1. The van der Waals surface area contributed by atoms with Gasteiger partial charge in [0.2, 0.25) is 5.91 Å². The highest BCUT2D eigenvalue weighted by molar-refractivity contribution is 5.75. The molecular formula is C27H45NO2. The molecule has 3 heteroatoms. The SMILES string of the molecule is CCCCCCCCCCCCCC/C=C\CCCC(=O)NCc1ccc(O)cc1. The molecule has 0 bridgehead atoms. The van der Waals surface area contributed by atoms with Crippen LogP contribution in [0.4, 0.5) is 0 Å². The molecule has 3 nitrogen and oxygen atoms in total. The minimum absolute atomic E-state index is 0.0948. The van der Waals surface area contributed by atoms with Crippen molar-refractivity contribution in [1.82, 2.24) is 5.32 Å². The number of hydrogen-bond acceptors (Lipinski definition) is 2. The van der Waals surface area contributed by atoms with Crippen LogP contribution in [0.1, 0.15) is 115 Å². The molecule has 30 heavy (non-hydrogen) atoms. The predicted octanol–water partition coefficient (Wildman–Crippen LogP) is 7.83. The first kappa shape index (κ1) is 26.3. The minimum atomic E-state index is 0.0948. The first-order chi connectivity index (χ1) is 14.7. The Balaban J connectivity index is 1.82. The molecule has 2 N–H and O–H groups in total. The van der Waals surface area contributed by atoms with Gasteiger partial charge >= 0.3 is 0 Å². The Hall–Kier alpha value is -1.77. The van der Waals surface area contributed by atoms with Crippen molar-refractivity contribution in [3.8, 4) is 5.75 Å². The molecule has 0 fully saturated rings. The molecular weight excluding hydrogens is 370 g/mol. The number of phenols is 1. The molecule has 0 aromatic heterocycles. The van der Waals surface area contributed by atoms with Gasteiger partial charge in [0, 0.05) is 13.0 Å². The molecule has 0 radical (unpaired) electrons. The highest BCUT2D eigenvalue weighted by atomic mass is 16.3. The van der Waals surface area contributed by atoms with Crippen LogP contribution in [0.3, 0.4) is 0 Å². The predicted molar refractivity (Wildman–Crippen MR) is 129 cm³/mol. The molecule has 0 heterocycles. The van der Waals surface area contributed by atoms with Crippen molar-refractivity contribution in [2.45, 2.75) is 116 Å². The number of allylic oxidation sites excluding steroid dienone is 2. The largest absolute Gasteiger partial charge is 0.508 e. The lowest BCUT2D eigenvalue weighted by Gasteiger charge is -2.05. The van der Waals surface area contributed by atoms with Crippen LogP contribution in [0.5, 0.6) is 5.75 Å². The van der Waals surface area contributed by atoms with E-state index in [1.54, 1.807) is 12.1 Å². The zero-order valence-electron chi connectivity index (χ0n) is 19.3. The summed E-state index contributed by atoms with van der Waals surface area (Å²) in [5.74, 6) is 0.345. The summed E-state index contributed by atoms with van der Waals surface area (Å²) >= 11 is 0. The molecule has 1 aromatic rings. The first-order valence-corrected chi connectivity index (χ1v) is 12.4. The van der Waals surface area contributed by atoms with Gasteiger partial charge in [-0.1, -0.05) is 102 Å². The van der Waals surface area contributed by atoms with E-state index < -0.39 is 0 Å². The van der Waals surface area contributed by atoms with E-state index in [2.05, 4.69) is 24.4 Å². The summed E-state index contributed by atoms with van der Waals surface area (Å²) in [6.45, 7) is 2.80. The first-order valence-electron chi connectivity index (χ1n) is 12.4. The normalized spacial score (nSPS) is 11.2. The van der Waals surface area contributed by atoms with Gasteiger partial charge in [-0.3, -0.25) is 4.79 Å². The number of amides is 1. The van der Waals surface area contributed by atoms with E-state index in [1.807, 2.05) is 12.1 Å². The van der Waals surface area contributed by atoms with E-state index in [4.69, 9.17) is 0 Å². The van der Waals surface area contributed by atoms with Crippen LogP contribution < -0.4 is 5.32 Å². The Morgan fingerprint density at radius 3 is 1.83 bits per heavy atom. The Morgan fingerprint density at radius 1 is 0.767 bits per heavy atom. The lowest BCUT2D eigenvalue weighted by atomic mass is 10.0. The molecule has 1 amide bonds. The van der Waals surface area contributed by atoms with Crippen molar-refractivity contribution >= 4 is 5.91 Å². The van der Waals surface area contributed by atoms with Gasteiger partial charge in [0.1, 0.15) is 5.75 Å². The molecule has 0 spiro atoms. The fraction of sp³-hybridized carbons (Fsp3) is 0.667. The van der Waals surface area contributed by atoms with Crippen molar-refractivity contribution in [2.75, 3.05) is 0 Å². The number of benzene rings is 1. The molecule has 1 rings (SSSR count). The second-order valence-electron chi connectivity index (χ2n) is 8.48. The molecule has 0 aliphatic heterocycles. The van der Waals surface area contributed by atoms with Gasteiger partial charge in [0.05, 0.1) is 0 Å². The maximum absolute atomic E-state index is 11.9. The van der Waals surface area contributed by atoms with Gasteiger partial charge in [-0.05, 0) is 43.4 Å². The average Bonchev–Trinajstić information content (AvgIpc) is 2.75. The molecule has 170 valence electrons. The van der Waals surface area contributed by atoms with Crippen LogP contribution in [0.25, 0.3) is 0 Å². The maximum Gasteiger partial charge on any atom is 0.220 e. The zero-order chi connectivity index (χ0) is 21.7. The number of rotatable bonds is 19. The third-order valence-corrected chi connectivity index (χ3v) is 5.59. The molecule has 0 unspecified atom stereocenters. The van der Waals surface area contributed by atoms with Crippen LogP contribution in [0.2, 0.25) is 0 Å². The third kappa shape index (κ3) is 16.1. The second kappa shape index (κ2) is 19.2. The average molecular weight is 416 g/mol. The number of unbranched alkanes of at least 4 members (excludes halogenated alkanes) is 13. The van der Waals surface area contributed by atoms with Crippen molar-refractivity contribution in [2.24, 2.45) is 0 Å². The molecule has 1 aromatic carbocycles. The summed E-state index contributed by atoms with van der Waals surface area (Å²) in [6, 6.07) is 6.94. The van der Waals surface area contributed by atoms with Gasteiger partial charge in [0.25, 0.3) is 0 Å². The number of hydrogen-bond donors (Lipinski definition) is 2. The van der Waals surface area contributed by atoms with Gasteiger partial charge in [-0.25, -0.2) is 0 Å². The molecule has 0 aliphatic carbocycles. The Morgan fingerprint density at radius 2 is 1.27 bits per heavy atom. The minimum Gasteiger partial charge on any atom is -0.508 e. The maximum atomic E-state index is 11.9. The quantitative estimate of drug-likeness (QED) is 0.179. The van der Waals surface area contributed by atoms with E-state index in [1.165, 1.54) is 83.5 Å². The van der Waals surface area contributed by atoms with E-state index >= 15 is 0 Å². The summed E-state index contributed by atoms with van der Waals surface area (Å²) < 4.78 is 0. The Kier molecular flexibility index (Phi) is 16.8. The van der Waals surface area contributed by atoms with Crippen LogP contribution in [-0.2, 0) is 11.3 Å². The van der Waals surface area contributed by atoms with Crippen LogP contribution in [0, 0.1) is 0 Å². The van der Waals surface area contributed by atoms with Crippen molar-refractivity contribution in [1.29, 1.82) is 0 Å². The summed E-state index contributed by atoms with van der Waals surface area (Å²) in [6.07, 6.45) is 24.9. The fourth-order valence-electron chi connectivity index (χ4n) is 3.62. The molecule has 0 atom stereocenters. The highest BCUT2D eigenvalue weighted by Gasteiger charge is 2.00. The highest BCUT2D eigenvalue weighted by Crippen LogP contribution is 2.13. The van der Waals surface area contributed by atoms with Crippen molar-refractivity contribution in [3.63, 3.8) is 0 Å². The summed E-state index contributed by atoms with van der Waals surface area (Å²) in [5, 5.41) is 12.2. The topological polar surface area (TPSA) is 49.3 Å². The summed E-state index contributed by atoms with van der Waals surface area (Å²) in [5.41, 5.74) is 1.00. The Bertz CT molecular complexity index is 550. The van der Waals surface area contributed by atoms with Gasteiger partial charge < -0.3 is 10.4 Å². The van der Waals surface area contributed by atoms with Crippen LogP contribution in [0.15, 0.2) is 36.4 Å². The monoisotopic (exact) mass is 415 g/mol. The molecule has 0 saturated heterocycles. The number of nitrogens with one attached hydrogen (secondary N) is 1. The van der Waals surface area contributed by atoms with E-state index in [-0.39, 0.29) is 11.7 Å². The fourth-order valence-corrected chi connectivity index (χ4v) is 3.62. The number of carbonyl (C=O) groups excluding carboxylic acids is 1. The number of phenolic OH excluding ortho intramolecular Hbond substituents is 1. The smallest absolute Gasteiger partial charge is 0.220 e.